The SMILES string of the molecule is CN(Cc1cccs1)c1ccc(N)cc1S(N)(=O)=O. The molecule has 1 heterocycles. The van der Waals surface area contributed by atoms with Gasteiger partial charge in [0.05, 0.1) is 12.2 Å². The molecule has 0 saturated carbocycles. The molecule has 0 amide bonds. The number of nitrogens with zero attached hydrogens (tertiary/aromatic N) is 1. The first kappa shape index (κ1) is 13.9. The van der Waals surface area contributed by atoms with Gasteiger partial charge in [0, 0.05) is 17.6 Å². The summed E-state index contributed by atoms with van der Waals surface area (Å²) in [6.45, 7) is 0.615. The van der Waals surface area contributed by atoms with Crippen LogP contribution in [0.25, 0.3) is 0 Å². The highest BCUT2D eigenvalue weighted by molar-refractivity contribution is 7.89. The maximum absolute atomic E-state index is 11.6. The predicted octanol–water partition coefficient (Wildman–Crippen LogP) is 1.61. The third-order valence-corrected chi connectivity index (χ3v) is 4.48. The van der Waals surface area contributed by atoms with Crippen LogP contribution in [-0.2, 0) is 16.6 Å². The Morgan fingerprint density at radius 2 is 2.05 bits per heavy atom. The van der Waals surface area contributed by atoms with E-state index >= 15 is 0 Å². The van der Waals surface area contributed by atoms with Crippen LogP contribution in [-0.4, -0.2) is 15.5 Å². The molecule has 1 aromatic heterocycles. The van der Waals surface area contributed by atoms with Crippen LogP contribution in [0.1, 0.15) is 4.88 Å². The van der Waals surface area contributed by atoms with Crippen molar-refractivity contribution in [2.75, 3.05) is 17.7 Å². The average Bonchev–Trinajstić information content (AvgIpc) is 2.80. The van der Waals surface area contributed by atoms with E-state index < -0.39 is 10.0 Å². The van der Waals surface area contributed by atoms with Gasteiger partial charge in [-0.05, 0) is 29.6 Å². The molecule has 5 nitrogen and oxygen atoms in total. The number of hydrogen-bond acceptors (Lipinski definition) is 5. The van der Waals surface area contributed by atoms with Crippen LogP contribution in [0.4, 0.5) is 11.4 Å². The zero-order chi connectivity index (χ0) is 14.0. The number of rotatable bonds is 4. The second kappa shape index (κ2) is 5.20. The molecule has 0 aliphatic heterocycles. The molecule has 19 heavy (non-hydrogen) atoms. The normalized spacial score (nSPS) is 11.5. The van der Waals surface area contributed by atoms with Gasteiger partial charge < -0.3 is 10.6 Å². The van der Waals surface area contributed by atoms with Crippen LogP contribution in [0.15, 0.2) is 40.6 Å². The smallest absolute Gasteiger partial charge is 0.240 e. The summed E-state index contributed by atoms with van der Waals surface area (Å²) in [7, 11) is -1.98. The summed E-state index contributed by atoms with van der Waals surface area (Å²) < 4.78 is 23.2. The predicted molar refractivity (Wildman–Crippen MR) is 78.7 cm³/mol. The maximum Gasteiger partial charge on any atom is 0.240 e. The third kappa shape index (κ3) is 3.25. The number of nitrogens with two attached hydrogens (primary N) is 2. The molecule has 1 aromatic carbocycles. The molecule has 0 aliphatic rings. The molecule has 4 N–H and O–H groups in total. The minimum atomic E-state index is -3.80. The van der Waals surface area contributed by atoms with Crippen LogP contribution in [0.3, 0.4) is 0 Å². The molecule has 0 spiro atoms. The summed E-state index contributed by atoms with van der Waals surface area (Å²) in [6.07, 6.45) is 0. The van der Waals surface area contributed by atoms with Crippen molar-refractivity contribution >= 4 is 32.7 Å². The van der Waals surface area contributed by atoms with E-state index in [4.69, 9.17) is 10.9 Å². The highest BCUT2D eigenvalue weighted by Gasteiger charge is 2.17. The summed E-state index contributed by atoms with van der Waals surface area (Å²) >= 11 is 1.62. The fraction of sp³-hybridized carbons (Fsp3) is 0.167. The van der Waals surface area contributed by atoms with Crippen LogP contribution >= 0.6 is 11.3 Å². The Balaban J connectivity index is 2.39. The van der Waals surface area contributed by atoms with Crippen molar-refractivity contribution in [1.82, 2.24) is 0 Å². The van der Waals surface area contributed by atoms with Gasteiger partial charge in [0.25, 0.3) is 0 Å². The van der Waals surface area contributed by atoms with Crippen molar-refractivity contribution in [2.24, 2.45) is 5.14 Å². The van der Waals surface area contributed by atoms with Crippen LogP contribution < -0.4 is 15.8 Å². The third-order valence-electron chi connectivity index (χ3n) is 2.67. The lowest BCUT2D eigenvalue weighted by Gasteiger charge is -2.21. The Bertz CT molecular complexity index is 666. The molecule has 0 aliphatic carbocycles. The van der Waals surface area contributed by atoms with Gasteiger partial charge >= 0.3 is 0 Å². The first-order valence-corrected chi connectivity index (χ1v) is 7.96. The summed E-state index contributed by atoms with van der Waals surface area (Å²) in [5.74, 6) is 0. The Hall–Kier alpha value is -1.57. The highest BCUT2D eigenvalue weighted by atomic mass is 32.2. The van der Waals surface area contributed by atoms with Crippen LogP contribution in [0, 0.1) is 0 Å². The molecule has 7 heteroatoms. The van der Waals surface area contributed by atoms with Crippen molar-refractivity contribution in [3.05, 3.63) is 40.6 Å². The zero-order valence-electron chi connectivity index (χ0n) is 10.4. The lowest BCUT2D eigenvalue weighted by molar-refractivity contribution is 0.597. The van der Waals surface area contributed by atoms with Gasteiger partial charge in [-0.25, -0.2) is 13.6 Å². The monoisotopic (exact) mass is 297 g/mol. The van der Waals surface area contributed by atoms with Gasteiger partial charge in [0.15, 0.2) is 0 Å². The first-order chi connectivity index (χ1) is 8.88. The fourth-order valence-electron chi connectivity index (χ4n) is 1.80. The molecule has 0 saturated heterocycles. The second-order valence-corrected chi connectivity index (χ2v) is 6.77. The molecule has 2 rings (SSSR count). The number of thiophene rings is 1. The maximum atomic E-state index is 11.6. The van der Waals surface area contributed by atoms with Crippen molar-refractivity contribution < 1.29 is 8.42 Å². The van der Waals surface area contributed by atoms with Crippen molar-refractivity contribution in [3.63, 3.8) is 0 Å². The second-order valence-electron chi connectivity index (χ2n) is 4.21. The molecular weight excluding hydrogens is 282 g/mol. The van der Waals surface area contributed by atoms with Crippen LogP contribution in [0.2, 0.25) is 0 Å². The summed E-state index contributed by atoms with van der Waals surface area (Å²) in [4.78, 5) is 3.02. The Kier molecular flexibility index (Phi) is 3.79. The summed E-state index contributed by atoms with van der Waals surface area (Å²) in [5, 5.41) is 7.21. The van der Waals surface area contributed by atoms with E-state index in [1.165, 1.54) is 6.07 Å². The topological polar surface area (TPSA) is 89.4 Å². The number of benzene rings is 1. The number of anilines is 2. The lowest BCUT2D eigenvalue weighted by Crippen LogP contribution is -2.21. The molecule has 102 valence electrons. The van der Waals surface area contributed by atoms with Crippen molar-refractivity contribution in [2.45, 2.75) is 11.4 Å². The van der Waals surface area contributed by atoms with Crippen molar-refractivity contribution in [3.8, 4) is 0 Å². The summed E-state index contributed by atoms with van der Waals surface area (Å²) in [6, 6.07) is 8.67. The van der Waals surface area contributed by atoms with E-state index in [-0.39, 0.29) is 4.90 Å². The quantitative estimate of drug-likeness (QED) is 0.839. The Labute approximate surface area is 116 Å². The molecule has 0 unspecified atom stereocenters. The molecule has 0 atom stereocenters. The van der Waals surface area contributed by atoms with E-state index in [0.717, 1.165) is 4.88 Å². The van der Waals surface area contributed by atoms with Gasteiger partial charge in [0.2, 0.25) is 10.0 Å². The number of hydrogen-bond donors (Lipinski definition) is 2. The van der Waals surface area contributed by atoms with E-state index in [9.17, 15) is 8.42 Å². The van der Waals surface area contributed by atoms with Gasteiger partial charge in [-0.3, -0.25) is 0 Å². The summed E-state index contributed by atoms with van der Waals surface area (Å²) in [5.41, 5.74) is 6.54. The van der Waals surface area contributed by atoms with E-state index in [1.54, 1.807) is 23.5 Å². The number of primary sulfonamides is 1. The van der Waals surface area contributed by atoms with E-state index in [1.807, 2.05) is 29.5 Å². The van der Waals surface area contributed by atoms with Crippen molar-refractivity contribution in [1.29, 1.82) is 0 Å². The largest absolute Gasteiger partial charge is 0.399 e. The molecule has 0 radical (unpaired) electrons. The Morgan fingerprint density at radius 3 is 2.63 bits per heavy atom. The molecular formula is C12H15N3O2S2. The number of sulfonamides is 1. The lowest BCUT2D eigenvalue weighted by atomic mass is 10.2. The molecule has 0 fully saturated rings. The van der Waals surface area contributed by atoms with Gasteiger partial charge in [-0.15, -0.1) is 11.3 Å². The van der Waals surface area contributed by atoms with E-state index in [2.05, 4.69) is 0 Å². The van der Waals surface area contributed by atoms with Gasteiger partial charge in [0.1, 0.15) is 4.90 Å². The van der Waals surface area contributed by atoms with Gasteiger partial charge in [-0.1, -0.05) is 6.07 Å². The number of nitrogen functional groups attached to an aromatic ring is 1. The Morgan fingerprint density at radius 1 is 1.32 bits per heavy atom. The molecule has 0 bridgehead atoms. The average molecular weight is 297 g/mol. The molecule has 2 aromatic rings. The van der Waals surface area contributed by atoms with Gasteiger partial charge in [-0.2, -0.15) is 0 Å². The fourth-order valence-corrected chi connectivity index (χ4v) is 3.37. The van der Waals surface area contributed by atoms with Crippen LogP contribution in [0.5, 0.6) is 0 Å². The van der Waals surface area contributed by atoms with E-state index in [0.29, 0.717) is 17.9 Å². The first-order valence-electron chi connectivity index (χ1n) is 5.54. The highest BCUT2D eigenvalue weighted by Crippen LogP contribution is 2.27. The standard InChI is InChI=1S/C12H15N3O2S2/c1-15(8-10-3-2-6-18-10)11-5-4-9(13)7-12(11)19(14,16)17/h2-7H,8,13H2,1H3,(H2,14,16,17). The minimum Gasteiger partial charge on any atom is -0.399 e. The zero-order valence-corrected chi connectivity index (χ0v) is 12.0. The minimum absolute atomic E-state index is 0.0477.